The number of pyridine rings is 1. The highest BCUT2D eigenvalue weighted by molar-refractivity contribution is 7.90. The molecule has 1 saturated heterocycles. The van der Waals surface area contributed by atoms with Crippen LogP contribution in [0.25, 0.3) is 0 Å². The summed E-state index contributed by atoms with van der Waals surface area (Å²) in [4.78, 5) is 3.82. The minimum atomic E-state index is -3.51. The third-order valence-electron chi connectivity index (χ3n) is 3.17. The van der Waals surface area contributed by atoms with Gasteiger partial charge in [0, 0.05) is 19.3 Å². The van der Waals surface area contributed by atoms with Crippen LogP contribution in [-0.2, 0) is 10.2 Å². The minimum Gasteiger partial charge on any atom is -0.396 e. The van der Waals surface area contributed by atoms with E-state index >= 15 is 0 Å². The highest BCUT2D eigenvalue weighted by Crippen LogP contribution is 2.22. The van der Waals surface area contributed by atoms with Crippen LogP contribution in [0.1, 0.15) is 19.8 Å². The van der Waals surface area contributed by atoms with Crippen LogP contribution in [0.4, 0.5) is 11.4 Å². The lowest BCUT2D eigenvalue weighted by Gasteiger charge is -2.29. The minimum absolute atomic E-state index is 0.325. The van der Waals surface area contributed by atoms with Crippen LogP contribution in [-0.4, -0.2) is 30.8 Å². The maximum absolute atomic E-state index is 12.2. The van der Waals surface area contributed by atoms with Crippen molar-refractivity contribution in [3.05, 3.63) is 18.5 Å². The summed E-state index contributed by atoms with van der Waals surface area (Å²) in [6.07, 6.45) is 4.72. The van der Waals surface area contributed by atoms with Gasteiger partial charge < -0.3 is 5.73 Å². The molecule has 100 valence electrons. The molecule has 0 radical (unpaired) electrons. The van der Waals surface area contributed by atoms with E-state index in [4.69, 9.17) is 5.73 Å². The third kappa shape index (κ3) is 2.91. The van der Waals surface area contributed by atoms with Gasteiger partial charge in [-0.05, 0) is 24.8 Å². The van der Waals surface area contributed by atoms with Gasteiger partial charge >= 0.3 is 10.2 Å². The zero-order chi connectivity index (χ0) is 13.2. The van der Waals surface area contributed by atoms with Gasteiger partial charge in [-0.15, -0.1) is 0 Å². The van der Waals surface area contributed by atoms with E-state index < -0.39 is 10.2 Å². The van der Waals surface area contributed by atoms with Crippen molar-refractivity contribution in [2.75, 3.05) is 23.5 Å². The Bertz CT molecular complexity index is 510. The number of nitrogens with two attached hydrogens (primary N) is 1. The number of anilines is 2. The van der Waals surface area contributed by atoms with Gasteiger partial charge in [0.1, 0.15) is 0 Å². The van der Waals surface area contributed by atoms with E-state index in [-0.39, 0.29) is 0 Å². The number of nitrogens with zero attached hydrogens (tertiary/aromatic N) is 2. The Labute approximate surface area is 107 Å². The van der Waals surface area contributed by atoms with Crippen LogP contribution in [0.5, 0.6) is 0 Å². The second kappa shape index (κ2) is 5.11. The zero-order valence-corrected chi connectivity index (χ0v) is 11.2. The monoisotopic (exact) mass is 270 g/mol. The summed E-state index contributed by atoms with van der Waals surface area (Å²) in [5.41, 5.74) is 6.38. The van der Waals surface area contributed by atoms with Gasteiger partial charge in [-0.3, -0.25) is 9.71 Å². The second-order valence-corrected chi connectivity index (χ2v) is 6.32. The molecule has 1 fully saturated rings. The summed E-state index contributed by atoms with van der Waals surface area (Å²) >= 11 is 0. The topological polar surface area (TPSA) is 88.3 Å². The van der Waals surface area contributed by atoms with Gasteiger partial charge in [0.25, 0.3) is 0 Å². The van der Waals surface area contributed by atoms with Gasteiger partial charge in [-0.2, -0.15) is 12.7 Å². The van der Waals surface area contributed by atoms with Crippen molar-refractivity contribution in [1.29, 1.82) is 0 Å². The molecule has 1 aliphatic rings. The molecule has 2 rings (SSSR count). The van der Waals surface area contributed by atoms with E-state index in [1.807, 2.05) is 0 Å². The molecule has 6 nitrogen and oxygen atoms in total. The Kier molecular flexibility index (Phi) is 3.72. The Morgan fingerprint density at radius 1 is 1.44 bits per heavy atom. The summed E-state index contributed by atoms with van der Waals surface area (Å²) < 4.78 is 28.3. The summed E-state index contributed by atoms with van der Waals surface area (Å²) in [6.45, 7) is 3.25. The summed E-state index contributed by atoms with van der Waals surface area (Å²) in [5, 5.41) is 0. The van der Waals surface area contributed by atoms with Crippen LogP contribution < -0.4 is 10.5 Å². The number of hydrogen-bond donors (Lipinski definition) is 2. The number of hydrogen-bond acceptors (Lipinski definition) is 4. The number of rotatable bonds is 3. The lowest BCUT2D eigenvalue weighted by atomic mass is 10.0. The van der Waals surface area contributed by atoms with Crippen molar-refractivity contribution in [2.45, 2.75) is 19.8 Å². The smallest absolute Gasteiger partial charge is 0.301 e. The molecular weight excluding hydrogens is 252 g/mol. The standard InChI is InChI=1S/C11H18N4O2S/c1-9-3-6-15(7-4-9)18(16,17)14-11-2-5-13-8-10(11)12/h2,5,8-9H,3-4,6-7,12H2,1H3,(H,13,14). The fourth-order valence-electron chi connectivity index (χ4n) is 1.93. The first-order valence-corrected chi connectivity index (χ1v) is 7.40. The first-order valence-electron chi connectivity index (χ1n) is 5.96. The van der Waals surface area contributed by atoms with E-state index in [0.29, 0.717) is 30.4 Å². The van der Waals surface area contributed by atoms with Gasteiger partial charge in [0.05, 0.1) is 17.6 Å². The van der Waals surface area contributed by atoms with E-state index in [1.165, 1.54) is 16.7 Å². The SMILES string of the molecule is CC1CCN(S(=O)(=O)Nc2ccncc2N)CC1. The van der Waals surface area contributed by atoms with Gasteiger partial charge in [-0.25, -0.2) is 0 Å². The molecule has 1 aromatic rings. The third-order valence-corrected chi connectivity index (χ3v) is 4.70. The predicted octanol–water partition coefficient (Wildman–Crippen LogP) is 1.05. The van der Waals surface area contributed by atoms with Crippen LogP contribution in [0, 0.1) is 5.92 Å². The molecular formula is C11H18N4O2S. The number of nitrogen functional groups attached to an aromatic ring is 1. The molecule has 0 saturated carbocycles. The molecule has 0 bridgehead atoms. The molecule has 0 amide bonds. The molecule has 3 N–H and O–H groups in total. The number of aromatic nitrogens is 1. The van der Waals surface area contributed by atoms with Crippen LogP contribution in [0.15, 0.2) is 18.5 Å². The molecule has 18 heavy (non-hydrogen) atoms. The predicted molar refractivity (Wildman–Crippen MR) is 71.2 cm³/mol. The maximum Gasteiger partial charge on any atom is 0.301 e. The zero-order valence-electron chi connectivity index (χ0n) is 10.3. The van der Waals surface area contributed by atoms with Crippen molar-refractivity contribution in [3.8, 4) is 0 Å². The Morgan fingerprint density at radius 3 is 2.72 bits per heavy atom. The molecule has 0 atom stereocenters. The fourth-order valence-corrected chi connectivity index (χ4v) is 3.21. The van der Waals surface area contributed by atoms with E-state index in [1.54, 1.807) is 6.07 Å². The molecule has 7 heteroatoms. The van der Waals surface area contributed by atoms with E-state index in [0.717, 1.165) is 12.8 Å². The van der Waals surface area contributed by atoms with Crippen molar-refractivity contribution in [3.63, 3.8) is 0 Å². The first kappa shape index (κ1) is 13.1. The van der Waals surface area contributed by atoms with Crippen molar-refractivity contribution >= 4 is 21.6 Å². The summed E-state index contributed by atoms with van der Waals surface area (Å²) in [7, 11) is -3.51. The molecule has 0 spiro atoms. The van der Waals surface area contributed by atoms with E-state index in [9.17, 15) is 8.42 Å². The average molecular weight is 270 g/mol. The maximum atomic E-state index is 12.2. The molecule has 0 aliphatic carbocycles. The highest BCUT2D eigenvalue weighted by atomic mass is 32.2. The molecule has 0 unspecified atom stereocenters. The van der Waals surface area contributed by atoms with Crippen molar-refractivity contribution < 1.29 is 8.42 Å². The van der Waals surface area contributed by atoms with Crippen molar-refractivity contribution in [1.82, 2.24) is 9.29 Å². The molecule has 0 aromatic carbocycles. The second-order valence-electron chi connectivity index (χ2n) is 4.65. The summed E-state index contributed by atoms with van der Waals surface area (Å²) in [6, 6.07) is 1.56. The number of piperidine rings is 1. The lowest BCUT2D eigenvalue weighted by Crippen LogP contribution is -2.41. The van der Waals surface area contributed by atoms with Crippen molar-refractivity contribution in [2.24, 2.45) is 5.92 Å². The normalized spacial score (nSPS) is 18.7. The number of nitrogens with one attached hydrogen (secondary N) is 1. The fraction of sp³-hybridized carbons (Fsp3) is 0.545. The Hall–Kier alpha value is -1.34. The van der Waals surface area contributed by atoms with E-state index in [2.05, 4.69) is 16.6 Å². The highest BCUT2D eigenvalue weighted by Gasteiger charge is 2.26. The van der Waals surface area contributed by atoms with Gasteiger partial charge in [0.2, 0.25) is 0 Å². The quantitative estimate of drug-likeness (QED) is 0.859. The van der Waals surface area contributed by atoms with Crippen LogP contribution in [0.3, 0.4) is 0 Å². The molecule has 2 heterocycles. The Balaban J connectivity index is 2.10. The lowest BCUT2D eigenvalue weighted by molar-refractivity contribution is 0.289. The summed E-state index contributed by atoms with van der Waals surface area (Å²) in [5.74, 6) is 0.586. The molecule has 1 aliphatic heterocycles. The average Bonchev–Trinajstić information content (AvgIpc) is 2.32. The first-order chi connectivity index (χ1) is 8.49. The largest absolute Gasteiger partial charge is 0.396 e. The van der Waals surface area contributed by atoms with Gasteiger partial charge in [0.15, 0.2) is 0 Å². The Morgan fingerprint density at radius 2 is 2.11 bits per heavy atom. The van der Waals surface area contributed by atoms with Gasteiger partial charge in [-0.1, -0.05) is 6.92 Å². The van der Waals surface area contributed by atoms with Crippen LogP contribution >= 0.6 is 0 Å². The van der Waals surface area contributed by atoms with Crippen LogP contribution in [0.2, 0.25) is 0 Å². The molecule has 1 aromatic heterocycles.